The zero-order valence-corrected chi connectivity index (χ0v) is 25.0. The minimum absolute atomic E-state index is 0.000728. The molecule has 0 radical (unpaired) electrons. The van der Waals surface area contributed by atoms with Crippen molar-refractivity contribution in [1.29, 1.82) is 0 Å². The fraction of sp³-hybridized carbons (Fsp3) is 0.406. The molecule has 10 heteroatoms. The van der Waals surface area contributed by atoms with Crippen LogP contribution >= 0.6 is 0 Å². The molecule has 226 valence electrons. The summed E-state index contributed by atoms with van der Waals surface area (Å²) in [7, 11) is -2.55. The van der Waals surface area contributed by atoms with Crippen molar-refractivity contribution in [3.63, 3.8) is 0 Å². The van der Waals surface area contributed by atoms with Crippen molar-refractivity contribution in [1.82, 2.24) is 9.62 Å². The number of benzene rings is 3. The molecule has 0 heterocycles. The largest absolute Gasteiger partial charge is 0.505 e. The highest BCUT2D eigenvalue weighted by atomic mass is 32.2. The molecule has 0 saturated carbocycles. The minimum Gasteiger partial charge on any atom is -0.450 e. The molecular weight excluding hydrogens is 559 g/mol. The van der Waals surface area contributed by atoms with E-state index in [1.54, 1.807) is 12.1 Å². The lowest BCUT2D eigenvalue weighted by Crippen LogP contribution is -2.47. The molecule has 0 bridgehead atoms. The second-order valence-corrected chi connectivity index (χ2v) is 13.7. The van der Waals surface area contributed by atoms with Crippen LogP contribution in [-0.2, 0) is 34.0 Å². The van der Waals surface area contributed by atoms with Crippen molar-refractivity contribution in [2.75, 3.05) is 26.7 Å². The fourth-order valence-corrected chi connectivity index (χ4v) is 6.98. The molecule has 3 N–H and O–H groups in total. The van der Waals surface area contributed by atoms with Gasteiger partial charge in [0.2, 0.25) is 10.0 Å². The Kier molecular flexibility index (Phi) is 10.0. The molecule has 0 unspecified atom stereocenters. The van der Waals surface area contributed by atoms with E-state index in [1.165, 1.54) is 48.5 Å². The molecule has 3 aromatic carbocycles. The summed E-state index contributed by atoms with van der Waals surface area (Å²) >= 11 is 0. The molecular formula is C32H39FN2O6S. The van der Waals surface area contributed by atoms with Crippen LogP contribution in [0.4, 0.5) is 9.18 Å². The number of aliphatic hydroxyl groups is 1. The predicted molar refractivity (Wildman–Crippen MR) is 159 cm³/mol. The third kappa shape index (κ3) is 8.16. The average molecular weight is 599 g/mol. The Morgan fingerprint density at radius 1 is 1.10 bits per heavy atom. The number of sulfonamides is 1. The lowest BCUT2D eigenvalue weighted by Gasteiger charge is -2.31. The zero-order valence-electron chi connectivity index (χ0n) is 24.2. The summed E-state index contributed by atoms with van der Waals surface area (Å²) in [6.45, 7) is 4.21. The van der Waals surface area contributed by atoms with Gasteiger partial charge in [0.25, 0.3) is 0 Å². The quantitative estimate of drug-likeness (QED) is 0.240. The number of likely N-dealkylation sites (N-methyl/N-ethyl adjacent to an activating group) is 1. The zero-order chi connectivity index (χ0) is 30.5. The van der Waals surface area contributed by atoms with Crippen LogP contribution in [0.25, 0.3) is 11.1 Å². The summed E-state index contributed by atoms with van der Waals surface area (Å²) in [6, 6.07) is 18.7. The fourth-order valence-electron chi connectivity index (χ4n) is 5.73. The van der Waals surface area contributed by atoms with E-state index in [0.717, 1.165) is 23.6 Å². The molecule has 0 spiro atoms. The number of β-amino-alcohol motifs (C(OH)–C–C–N with tert-alkyl or cyclic N) is 1. The number of ether oxygens (including phenoxy) is 1. The smallest absolute Gasteiger partial charge is 0.450 e. The Bertz CT molecular complexity index is 1490. The first-order valence-corrected chi connectivity index (χ1v) is 15.5. The van der Waals surface area contributed by atoms with Crippen molar-refractivity contribution in [2.24, 2.45) is 5.92 Å². The first-order chi connectivity index (χ1) is 19.8. The highest BCUT2D eigenvalue weighted by Gasteiger charge is 2.29. The van der Waals surface area contributed by atoms with E-state index >= 15 is 0 Å². The Hall–Kier alpha value is -3.31. The van der Waals surface area contributed by atoms with E-state index in [2.05, 4.69) is 48.2 Å². The average Bonchev–Trinajstić information content (AvgIpc) is 3.34. The normalized spacial score (nSPS) is 14.6. The number of nitrogens with one attached hydrogen (secondary N) is 1. The van der Waals surface area contributed by atoms with Crippen molar-refractivity contribution in [2.45, 2.75) is 56.1 Å². The maximum absolute atomic E-state index is 14.1. The van der Waals surface area contributed by atoms with Crippen molar-refractivity contribution in [3.8, 4) is 11.1 Å². The standard InChI is InChI=1S/C32H39FN2O6S/c1-32(2,19-22-15-24-7-4-5-8-25(24)16-22)34-20-28(36)21-35(3)42(39,40)29-10-6-9-26(17-29)30-18-27(33)12-11-23(30)13-14-41-31(37)38/h4-12,17-18,22,28,34,36H,13-16,19-21H2,1-3H3,(H,37,38)/t28-/m1/s1. The maximum Gasteiger partial charge on any atom is 0.505 e. The summed E-state index contributed by atoms with van der Waals surface area (Å²) < 4.78 is 46.7. The van der Waals surface area contributed by atoms with Gasteiger partial charge in [-0.3, -0.25) is 0 Å². The minimum atomic E-state index is -3.97. The van der Waals surface area contributed by atoms with Crippen LogP contribution in [0.1, 0.15) is 37.0 Å². The van der Waals surface area contributed by atoms with Gasteiger partial charge in [-0.1, -0.05) is 42.5 Å². The second-order valence-electron chi connectivity index (χ2n) is 11.6. The Morgan fingerprint density at radius 2 is 1.79 bits per heavy atom. The molecule has 0 fully saturated rings. The van der Waals surface area contributed by atoms with Gasteiger partial charge in [-0.05, 0) is 91.1 Å². The van der Waals surface area contributed by atoms with Crippen LogP contribution < -0.4 is 5.32 Å². The van der Waals surface area contributed by atoms with Gasteiger partial charge in [0.1, 0.15) is 5.82 Å². The van der Waals surface area contributed by atoms with E-state index in [1.807, 2.05) is 0 Å². The Balaban J connectivity index is 1.37. The summed E-state index contributed by atoms with van der Waals surface area (Å²) in [5, 5.41) is 22.9. The molecule has 3 aromatic rings. The van der Waals surface area contributed by atoms with Crippen molar-refractivity contribution < 1.29 is 32.6 Å². The molecule has 0 aliphatic heterocycles. The molecule has 0 aromatic heterocycles. The second kappa shape index (κ2) is 13.3. The molecule has 4 rings (SSSR count). The van der Waals surface area contributed by atoms with E-state index in [0.29, 0.717) is 22.6 Å². The van der Waals surface area contributed by atoms with Gasteiger partial charge in [-0.15, -0.1) is 0 Å². The number of nitrogens with zero attached hydrogens (tertiary/aromatic N) is 1. The van der Waals surface area contributed by atoms with Crippen LogP contribution in [0.2, 0.25) is 0 Å². The summed E-state index contributed by atoms with van der Waals surface area (Å²) in [5.74, 6) is 0.00923. The topological polar surface area (TPSA) is 116 Å². The third-order valence-corrected chi connectivity index (χ3v) is 9.56. The lowest BCUT2D eigenvalue weighted by molar-refractivity contribution is 0.0927. The van der Waals surface area contributed by atoms with E-state index < -0.39 is 28.1 Å². The van der Waals surface area contributed by atoms with Gasteiger partial charge in [-0.25, -0.2) is 17.6 Å². The Labute approximate surface area is 247 Å². The van der Waals surface area contributed by atoms with E-state index in [9.17, 15) is 22.7 Å². The summed E-state index contributed by atoms with van der Waals surface area (Å²) in [6.07, 6.45) is 0.864. The van der Waals surface area contributed by atoms with Gasteiger partial charge in [-0.2, -0.15) is 4.31 Å². The maximum atomic E-state index is 14.1. The monoisotopic (exact) mass is 598 g/mol. The SMILES string of the molecule is CN(C[C@H](O)CNC(C)(C)CC1Cc2ccccc2C1)S(=O)(=O)c1cccc(-c2cc(F)ccc2CCOC(=O)O)c1. The number of halogens is 1. The molecule has 0 saturated heterocycles. The van der Waals surface area contributed by atoms with Crippen LogP contribution in [-0.4, -0.2) is 67.5 Å². The number of fused-ring (bicyclic) bond motifs is 1. The summed E-state index contributed by atoms with van der Waals surface area (Å²) in [5.41, 5.74) is 4.08. The van der Waals surface area contributed by atoms with E-state index in [4.69, 9.17) is 5.11 Å². The van der Waals surface area contributed by atoms with Gasteiger partial charge in [0.05, 0.1) is 17.6 Å². The highest BCUT2D eigenvalue weighted by Crippen LogP contribution is 2.32. The number of carbonyl (C=O) groups is 1. The number of aliphatic hydroxyl groups excluding tert-OH is 1. The molecule has 1 aliphatic carbocycles. The molecule has 8 nitrogen and oxygen atoms in total. The number of rotatable bonds is 13. The number of carboxylic acid groups (broad SMARTS) is 1. The van der Waals surface area contributed by atoms with Gasteiger partial charge < -0.3 is 20.3 Å². The van der Waals surface area contributed by atoms with Crippen molar-refractivity contribution in [3.05, 3.63) is 89.2 Å². The van der Waals surface area contributed by atoms with Gasteiger partial charge in [0, 0.05) is 32.1 Å². The lowest BCUT2D eigenvalue weighted by atomic mass is 9.88. The number of hydrogen-bond donors (Lipinski definition) is 3. The molecule has 1 atom stereocenters. The highest BCUT2D eigenvalue weighted by molar-refractivity contribution is 7.89. The third-order valence-electron chi connectivity index (χ3n) is 7.74. The Morgan fingerprint density at radius 3 is 2.45 bits per heavy atom. The van der Waals surface area contributed by atoms with Gasteiger partial charge >= 0.3 is 6.16 Å². The molecule has 1 aliphatic rings. The first-order valence-electron chi connectivity index (χ1n) is 14.0. The van der Waals surface area contributed by atoms with E-state index in [-0.39, 0.29) is 36.6 Å². The predicted octanol–water partition coefficient (Wildman–Crippen LogP) is 4.88. The van der Waals surface area contributed by atoms with Crippen LogP contribution in [0.5, 0.6) is 0 Å². The first kappa shape index (κ1) is 31.6. The van der Waals surface area contributed by atoms with Crippen LogP contribution in [0.3, 0.4) is 0 Å². The summed E-state index contributed by atoms with van der Waals surface area (Å²) in [4.78, 5) is 10.7. The number of hydrogen-bond acceptors (Lipinski definition) is 6. The van der Waals surface area contributed by atoms with Gasteiger partial charge in [0.15, 0.2) is 0 Å². The van der Waals surface area contributed by atoms with Crippen molar-refractivity contribution >= 4 is 16.2 Å². The molecule has 0 amide bonds. The molecule has 42 heavy (non-hydrogen) atoms. The van der Waals surface area contributed by atoms with Crippen LogP contribution in [0.15, 0.2) is 71.6 Å². The van der Waals surface area contributed by atoms with Crippen LogP contribution in [0, 0.1) is 11.7 Å².